The predicted octanol–water partition coefficient (Wildman–Crippen LogP) is 3.67. The summed E-state index contributed by atoms with van der Waals surface area (Å²) in [4.78, 5) is 5.00. The molecule has 1 saturated heterocycles. The Morgan fingerprint density at radius 1 is 0.833 bits per heavy atom. The Morgan fingerprint density at radius 2 is 1.46 bits per heavy atom. The molecule has 0 aromatic heterocycles. The molecule has 5 heteroatoms. The van der Waals surface area contributed by atoms with Crippen molar-refractivity contribution in [2.24, 2.45) is 0 Å². The van der Waals surface area contributed by atoms with Gasteiger partial charge in [0.15, 0.2) is 0 Å². The molecule has 0 spiro atoms. The van der Waals surface area contributed by atoms with Crippen LogP contribution in [-0.2, 0) is 0 Å². The van der Waals surface area contributed by atoms with E-state index in [1.54, 1.807) is 6.07 Å². The molecule has 1 N–H and O–H groups in total. The average Bonchev–Trinajstić information content (AvgIpc) is 2.55. The summed E-state index contributed by atoms with van der Waals surface area (Å²) in [5.74, 6) is 0.673. The molecule has 2 unspecified atom stereocenters. The topological polar surface area (TPSA) is 26.7 Å². The van der Waals surface area contributed by atoms with Gasteiger partial charge in [-0.2, -0.15) is 0 Å². The lowest BCUT2D eigenvalue weighted by Crippen LogP contribution is -2.50. The van der Waals surface area contributed by atoms with Gasteiger partial charge in [0.05, 0.1) is 0 Å². The molecule has 4 rings (SSSR count). The molecule has 2 aromatic rings. The molecule has 2 atom stereocenters. The first-order chi connectivity index (χ1) is 10.7. The number of likely N-dealkylation sites (N-methyl/N-ethyl adjacent to an activating group) is 1. The number of hydrogen-bond acceptors (Lipinski definition) is 3. The monoisotopic (exact) mass is 366 g/mol. The summed E-state index contributed by atoms with van der Waals surface area (Å²) in [7, 11) is 2.20. The van der Waals surface area contributed by atoms with Gasteiger partial charge in [-0.15, -0.1) is 24.8 Å². The minimum Gasteiger partial charge on any atom is -0.508 e. The highest BCUT2D eigenvalue weighted by molar-refractivity contribution is 5.85. The molecule has 0 aliphatic carbocycles. The molecule has 2 aromatic carbocycles. The van der Waals surface area contributed by atoms with Crippen LogP contribution in [0.4, 0.5) is 0 Å². The van der Waals surface area contributed by atoms with Crippen molar-refractivity contribution in [1.82, 2.24) is 9.80 Å². The van der Waals surface area contributed by atoms with E-state index in [1.807, 2.05) is 12.1 Å². The second-order valence-corrected chi connectivity index (χ2v) is 6.51. The number of fused-ring (bicyclic) bond motifs is 3. The molecule has 130 valence electrons. The number of phenols is 1. The third kappa shape index (κ3) is 3.27. The smallest absolute Gasteiger partial charge is 0.119 e. The zero-order valence-electron chi connectivity index (χ0n) is 13.8. The van der Waals surface area contributed by atoms with Crippen LogP contribution in [0.2, 0.25) is 0 Å². The fourth-order valence-electron chi connectivity index (χ4n) is 3.98. The van der Waals surface area contributed by atoms with Gasteiger partial charge in [0.1, 0.15) is 5.75 Å². The zero-order chi connectivity index (χ0) is 15.1. The first kappa shape index (κ1) is 19.1. The van der Waals surface area contributed by atoms with Crippen LogP contribution in [0.25, 0.3) is 0 Å². The van der Waals surface area contributed by atoms with Crippen LogP contribution in [0.3, 0.4) is 0 Å². The van der Waals surface area contributed by atoms with Gasteiger partial charge in [0.25, 0.3) is 0 Å². The number of piperazine rings is 1. The summed E-state index contributed by atoms with van der Waals surface area (Å²) in [6.45, 7) is 4.29. The highest BCUT2D eigenvalue weighted by atomic mass is 35.5. The Labute approximate surface area is 156 Å². The molecule has 1 fully saturated rings. The first-order valence-corrected chi connectivity index (χ1v) is 8.03. The quantitative estimate of drug-likeness (QED) is 0.833. The van der Waals surface area contributed by atoms with Crippen LogP contribution in [0.1, 0.15) is 28.7 Å². The maximum Gasteiger partial charge on any atom is 0.119 e. The Bertz CT molecular complexity index is 695. The van der Waals surface area contributed by atoms with Crippen molar-refractivity contribution < 1.29 is 5.11 Å². The number of aromatic hydroxyl groups is 1. The van der Waals surface area contributed by atoms with E-state index in [0.717, 1.165) is 31.7 Å². The van der Waals surface area contributed by atoms with Gasteiger partial charge < -0.3 is 10.0 Å². The Balaban J connectivity index is 0.00000104. The number of phenolic OH excluding ortho intramolecular Hbond substituents is 1. The molecule has 0 saturated carbocycles. The number of halogens is 2. The summed E-state index contributed by atoms with van der Waals surface area (Å²) >= 11 is 0. The standard InChI is InChI=1S/C19H22N2O.2ClH/c1-20-10-11-21-12-17(16-8-4-5-9-19(16)22)14-6-2-3-7-15(14)18(21)13-20;;/h2-9,17-18,22H,10-13H2,1H3;2*1H. The van der Waals surface area contributed by atoms with Gasteiger partial charge >= 0.3 is 0 Å². The lowest BCUT2D eigenvalue weighted by Gasteiger charge is -2.46. The van der Waals surface area contributed by atoms with E-state index in [2.05, 4.69) is 47.2 Å². The van der Waals surface area contributed by atoms with Crippen molar-refractivity contribution in [3.05, 3.63) is 65.2 Å². The summed E-state index contributed by atoms with van der Waals surface area (Å²) in [5.41, 5.74) is 3.85. The summed E-state index contributed by atoms with van der Waals surface area (Å²) in [6, 6.07) is 17.0. The Morgan fingerprint density at radius 3 is 2.17 bits per heavy atom. The predicted molar refractivity (Wildman–Crippen MR) is 103 cm³/mol. The Hall–Kier alpha value is -1.26. The van der Waals surface area contributed by atoms with Gasteiger partial charge in [-0.1, -0.05) is 42.5 Å². The van der Waals surface area contributed by atoms with Crippen molar-refractivity contribution in [2.45, 2.75) is 12.0 Å². The van der Waals surface area contributed by atoms with Gasteiger partial charge in [0.2, 0.25) is 0 Å². The van der Waals surface area contributed by atoms with E-state index in [1.165, 1.54) is 11.1 Å². The van der Waals surface area contributed by atoms with Crippen LogP contribution in [0.15, 0.2) is 48.5 Å². The fraction of sp³-hybridized carbons (Fsp3) is 0.368. The normalized spacial score (nSPS) is 23.4. The van der Waals surface area contributed by atoms with Crippen molar-refractivity contribution in [3.63, 3.8) is 0 Å². The molecule has 2 aliphatic heterocycles. The molecule has 2 heterocycles. The maximum absolute atomic E-state index is 10.3. The number of hydrogen-bond donors (Lipinski definition) is 1. The van der Waals surface area contributed by atoms with E-state index in [-0.39, 0.29) is 30.7 Å². The third-order valence-electron chi connectivity index (χ3n) is 5.15. The number of rotatable bonds is 1. The van der Waals surface area contributed by atoms with Crippen LogP contribution in [0, 0.1) is 0 Å². The maximum atomic E-state index is 10.3. The summed E-state index contributed by atoms with van der Waals surface area (Å²) in [5, 5.41) is 10.3. The second kappa shape index (κ2) is 7.75. The van der Waals surface area contributed by atoms with Crippen molar-refractivity contribution in [1.29, 1.82) is 0 Å². The van der Waals surface area contributed by atoms with Crippen LogP contribution in [-0.4, -0.2) is 48.1 Å². The van der Waals surface area contributed by atoms with E-state index < -0.39 is 0 Å². The molecular weight excluding hydrogens is 343 g/mol. The number of para-hydroxylation sites is 1. The van der Waals surface area contributed by atoms with Crippen molar-refractivity contribution in [2.75, 3.05) is 33.2 Å². The highest BCUT2D eigenvalue weighted by Crippen LogP contribution is 2.42. The lowest BCUT2D eigenvalue weighted by atomic mass is 9.80. The summed E-state index contributed by atoms with van der Waals surface area (Å²) < 4.78 is 0. The van der Waals surface area contributed by atoms with Gasteiger partial charge in [-0.3, -0.25) is 4.90 Å². The molecule has 0 radical (unpaired) electrons. The number of nitrogens with zero attached hydrogens (tertiary/aromatic N) is 2. The first-order valence-electron chi connectivity index (χ1n) is 8.03. The zero-order valence-corrected chi connectivity index (χ0v) is 15.4. The van der Waals surface area contributed by atoms with Gasteiger partial charge in [-0.05, 0) is 24.2 Å². The van der Waals surface area contributed by atoms with Gasteiger partial charge in [0, 0.05) is 43.7 Å². The highest BCUT2D eigenvalue weighted by Gasteiger charge is 2.36. The van der Waals surface area contributed by atoms with Crippen LogP contribution in [0.5, 0.6) is 5.75 Å². The van der Waals surface area contributed by atoms with E-state index in [0.29, 0.717) is 11.8 Å². The van der Waals surface area contributed by atoms with Crippen LogP contribution >= 0.6 is 24.8 Å². The van der Waals surface area contributed by atoms with Crippen LogP contribution < -0.4 is 0 Å². The summed E-state index contributed by atoms with van der Waals surface area (Å²) in [6.07, 6.45) is 0. The minimum atomic E-state index is 0. The fourth-order valence-corrected chi connectivity index (χ4v) is 3.98. The molecule has 0 bridgehead atoms. The lowest BCUT2D eigenvalue weighted by molar-refractivity contribution is 0.0770. The van der Waals surface area contributed by atoms with E-state index in [9.17, 15) is 5.11 Å². The van der Waals surface area contributed by atoms with E-state index in [4.69, 9.17) is 0 Å². The van der Waals surface area contributed by atoms with Crippen molar-refractivity contribution >= 4 is 24.8 Å². The van der Waals surface area contributed by atoms with Gasteiger partial charge in [-0.25, -0.2) is 0 Å². The van der Waals surface area contributed by atoms with Crippen molar-refractivity contribution in [3.8, 4) is 5.75 Å². The minimum absolute atomic E-state index is 0. The average molecular weight is 367 g/mol. The molecule has 0 amide bonds. The van der Waals surface area contributed by atoms with E-state index >= 15 is 0 Å². The molecule has 2 aliphatic rings. The SMILES string of the molecule is CN1CCN2CC(c3ccccc3O)c3ccccc3C2C1.Cl.Cl. The molecule has 24 heavy (non-hydrogen) atoms. The number of benzene rings is 2. The molecular formula is C19H24Cl2N2O. The Kier molecular flexibility index (Phi) is 6.16. The largest absolute Gasteiger partial charge is 0.508 e. The molecule has 3 nitrogen and oxygen atoms in total. The second-order valence-electron chi connectivity index (χ2n) is 6.51. The third-order valence-corrected chi connectivity index (χ3v) is 5.15.